The Bertz CT molecular complexity index is 544. The molecule has 0 aliphatic rings. The molecule has 0 spiro atoms. The van der Waals surface area contributed by atoms with Gasteiger partial charge >= 0.3 is 0 Å². The summed E-state index contributed by atoms with van der Waals surface area (Å²) in [6.45, 7) is 0. The summed E-state index contributed by atoms with van der Waals surface area (Å²) in [5.74, 6) is -0.0361. The number of nitrogen functional groups attached to an aromatic ring is 1. The van der Waals surface area contributed by atoms with E-state index >= 15 is 0 Å². The van der Waals surface area contributed by atoms with E-state index in [-0.39, 0.29) is 5.84 Å². The number of nitrogens with one attached hydrogen (secondary N) is 1. The van der Waals surface area contributed by atoms with Gasteiger partial charge in [-0.2, -0.15) is 0 Å². The molecule has 1 heterocycles. The van der Waals surface area contributed by atoms with E-state index in [0.717, 1.165) is 9.92 Å². The van der Waals surface area contributed by atoms with Crippen LogP contribution in [-0.4, -0.2) is 15.8 Å². The first-order valence-corrected chi connectivity index (χ1v) is 5.94. The van der Waals surface area contributed by atoms with Crippen LogP contribution in [0.4, 0.5) is 0 Å². The van der Waals surface area contributed by atoms with Gasteiger partial charge in [0.05, 0.1) is 11.2 Å². The van der Waals surface area contributed by atoms with Crippen LogP contribution in [-0.2, 0) is 0 Å². The summed E-state index contributed by atoms with van der Waals surface area (Å²) in [5, 5.41) is 8.59. The minimum atomic E-state index is -0.0361. The molecule has 0 aliphatic heterocycles. The fourth-order valence-corrected chi connectivity index (χ4v) is 2.37. The normalized spacial score (nSPS) is 10.2. The quantitative estimate of drug-likeness (QED) is 0.660. The number of benzene rings is 1. The lowest BCUT2D eigenvalue weighted by atomic mass is 10.2. The lowest BCUT2D eigenvalue weighted by Gasteiger charge is -2.04. The van der Waals surface area contributed by atoms with Crippen LogP contribution >= 0.6 is 23.4 Å². The molecule has 86 valence electrons. The molecule has 0 radical (unpaired) electrons. The Balaban J connectivity index is 2.24. The zero-order chi connectivity index (χ0) is 12.3. The SMILES string of the molecule is N=C(N)c1ccc(Sc2cnccn2)cc1Cl. The van der Waals surface area contributed by atoms with E-state index in [4.69, 9.17) is 22.7 Å². The molecule has 0 atom stereocenters. The van der Waals surface area contributed by atoms with Crippen molar-refractivity contribution in [1.82, 2.24) is 9.97 Å². The number of hydrogen-bond donors (Lipinski definition) is 2. The molecule has 2 aromatic rings. The summed E-state index contributed by atoms with van der Waals surface area (Å²) in [6, 6.07) is 5.34. The van der Waals surface area contributed by atoms with Crippen molar-refractivity contribution in [3.05, 3.63) is 47.4 Å². The van der Waals surface area contributed by atoms with E-state index in [0.29, 0.717) is 10.6 Å². The van der Waals surface area contributed by atoms with Crippen molar-refractivity contribution >= 4 is 29.2 Å². The fraction of sp³-hybridized carbons (Fsp3) is 0. The Morgan fingerprint density at radius 3 is 2.76 bits per heavy atom. The van der Waals surface area contributed by atoms with Crippen LogP contribution in [0.3, 0.4) is 0 Å². The van der Waals surface area contributed by atoms with Crippen molar-refractivity contribution in [1.29, 1.82) is 5.41 Å². The molecule has 0 aliphatic carbocycles. The molecule has 0 amide bonds. The Morgan fingerprint density at radius 2 is 2.18 bits per heavy atom. The Morgan fingerprint density at radius 1 is 1.35 bits per heavy atom. The van der Waals surface area contributed by atoms with Gasteiger partial charge in [-0.1, -0.05) is 23.4 Å². The summed E-state index contributed by atoms with van der Waals surface area (Å²) in [6.07, 6.45) is 4.93. The number of nitrogens with two attached hydrogens (primary N) is 1. The number of rotatable bonds is 3. The second-order valence-electron chi connectivity index (χ2n) is 3.20. The first-order chi connectivity index (χ1) is 8.16. The number of nitrogens with zero attached hydrogens (tertiary/aromatic N) is 2. The lowest BCUT2D eigenvalue weighted by Crippen LogP contribution is -2.11. The molecule has 0 bridgehead atoms. The first kappa shape index (κ1) is 11.9. The monoisotopic (exact) mass is 264 g/mol. The summed E-state index contributed by atoms with van der Waals surface area (Å²) in [4.78, 5) is 9.06. The standard InChI is InChI=1S/C11H9ClN4S/c12-9-5-7(1-2-8(9)11(13)14)17-10-6-15-3-4-16-10/h1-6H,(H3,13,14). The van der Waals surface area contributed by atoms with Crippen molar-refractivity contribution < 1.29 is 0 Å². The minimum absolute atomic E-state index is 0.0361. The molecule has 17 heavy (non-hydrogen) atoms. The summed E-state index contributed by atoms with van der Waals surface area (Å²) in [7, 11) is 0. The highest BCUT2D eigenvalue weighted by Crippen LogP contribution is 2.28. The van der Waals surface area contributed by atoms with Gasteiger partial charge in [0.2, 0.25) is 0 Å². The van der Waals surface area contributed by atoms with Gasteiger partial charge in [0.15, 0.2) is 0 Å². The lowest BCUT2D eigenvalue weighted by molar-refractivity contribution is 1.05. The third-order valence-corrected chi connectivity index (χ3v) is 3.21. The molecule has 0 saturated carbocycles. The molecule has 1 aromatic carbocycles. The maximum absolute atomic E-state index is 7.33. The predicted octanol–water partition coefficient (Wildman–Crippen LogP) is 2.57. The Labute approximate surface area is 108 Å². The van der Waals surface area contributed by atoms with Crippen LogP contribution < -0.4 is 5.73 Å². The van der Waals surface area contributed by atoms with Gasteiger partial charge in [-0.15, -0.1) is 0 Å². The molecule has 0 fully saturated rings. The van der Waals surface area contributed by atoms with E-state index in [2.05, 4.69) is 9.97 Å². The van der Waals surface area contributed by atoms with Gasteiger partial charge in [0.25, 0.3) is 0 Å². The van der Waals surface area contributed by atoms with E-state index in [1.807, 2.05) is 6.07 Å². The molecule has 3 N–H and O–H groups in total. The van der Waals surface area contributed by atoms with Gasteiger partial charge in [-0.05, 0) is 18.2 Å². The highest BCUT2D eigenvalue weighted by atomic mass is 35.5. The van der Waals surface area contributed by atoms with E-state index in [1.165, 1.54) is 11.8 Å². The zero-order valence-corrected chi connectivity index (χ0v) is 10.3. The van der Waals surface area contributed by atoms with Crippen LogP contribution in [0.5, 0.6) is 0 Å². The van der Waals surface area contributed by atoms with Crippen molar-refractivity contribution in [2.24, 2.45) is 5.73 Å². The van der Waals surface area contributed by atoms with Crippen molar-refractivity contribution in [3.63, 3.8) is 0 Å². The summed E-state index contributed by atoms with van der Waals surface area (Å²) in [5.41, 5.74) is 5.92. The molecule has 1 aromatic heterocycles. The highest BCUT2D eigenvalue weighted by Gasteiger charge is 2.06. The van der Waals surface area contributed by atoms with Gasteiger partial charge in [0.1, 0.15) is 10.9 Å². The summed E-state index contributed by atoms with van der Waals surface area (Å²) >= 11 is 7.47. The number of amidine groups is 1. The second-order valence-corrected chi connectivity index (χ2v) is 4.70. The van der Waals surface area contributed by atoms with Crippen LogP contribution in [0.15, 0.2) is 46.7 Å². The molecule has 2 rings (SSSR count). The maximum atomic E-state index is 7.33. The molecular formula is C11H9ClN4S. The predicted molar refractivity (Wildman–Crippen MR) is 68.6 cm³/mol. The van der Waals surface area contributed by atoms with Crippen LogP contribution in [0, 0.1) is 5.41 Å². The molecule has 0 saturated heterocycles. The van der Waals surface area contributed by atoms with Crippen molar-refractivity contribution in [2.45, 2.75) is 9.92 Å². The minimum Gasteiger partial charge on any atom is -0.384 e. The average molecular weight is 265 g/mol. The molecular weight excluding hydrogens is 256 g/mol. The molecule has 6 heteroatoms. The topological polar surface area (TPSA) is 75.7 Å². The third kappa shape index (κ3) is 2.95. The number of hydrogen-bond acceptors (Lipinski definition) is 4. The van der Waals surface area contributed by atoms with Gasteiger partial charge in [0, 0.05) is 22.9 Å². The van der Waals surface area contributed by atoms with Crippen molar-refractivity contribution in [3.8, 4) is 0 Å². The Hall–Kier alpha value is -1.59. The molecule has 4 nitrogen and oxygen atoms in total. The van der Waals surface area contributed by atoms with Gasteiger partial charge in [-0.3, -0.25) is 10.4 Å². The third-order valence-electron chi connectivity index (χ3n) is 1.99. The smallest absolute Gasteiger partial charge is 0.124 e. The zero-order valence-electron chi connectivity index (χ0n) is 8.72. The van der Waals surface area contributed by atoms with E-state index in [9.17, 15) is 0 Å². The van der Waals surface area contributed by atoms with Gasteiger partial charge < -0.3 is 5.73 Å². The van der Waals surface area contributed by atoms with Crippen molar-refractivity contribution in [2.75, 3.05) is 0 Å². The average Bonchev–Trinajstić information content (AvgIpc) is 2.30. The maximum Gasteiger partial charge on any atom is 0.124 e. The van der Waals surface area contributed by atoms with Crippen LogP contribution in [0.25, 0.3) is 0 Å². The first-order valence-electron chi connectivity index (χ1n) is 4.74. The van der Waals surface area contributed by atoms with E-state index in [1.54, 1.807) is 30.7 Å². The van der Waals surface area contributed by atoms with Crippen LogP contribution in [0.2, 0.25) is 5.02 Å². The molecule has 0 unspecified atom stereocenters. The fourth-order valence-electron chi connectivity index (χ4n) is 1.24. The van der Waals surface area contributed by atoms with E-state index < -0.39 is 0 Å². The Kier molecular flexibility index (Phi) is 3.61. The number of aromatic nitrogens is 2. The van der Waals surface area contributed by atoms with Gasteiger partial charge in [-0.25, -0.2) is 4.98 Å². The number of halogens is 1. The largest absolute Gasteiger partial charge is 0.384 e. The second kappa shape index (κ2) is 5.16. The van der Waals surface area contributed by atoms with Crippen LogP contribution in [0.1, 0.15) is 5.56 Å². The summed E-state index contributed by atoms with van der Waals surface area (Å²) < 4.78 is 0. The highest BCUT2D eigenvalue weighted by molar-refractivity contribution is 7.99.